The molecule has 1 unspecified atom stereocenters. The Morgan fingerprint density at radius 2 is 2.13 bits per heavy atom. The third-order valence-electron chi connectivity index (χ3n) is 4.19. The molecule has 1 saturated heterocycles. The molecule has 0 bridgehead atoms. The number of nitrogens with zero attached hydrogens (tertiary/aromatic N) is 4. The van der Waals surface area contributed by atoms with Crippen LogP contribution in [0, 0.1) is 17.2 Å². The normalized spacial score (nSPS) is 17.6. The highest BCUT2D eigenvalue weighted by Gasteiger charge is 2.17. The Morgan fingerprint density at radius 1 is 1.30 bits per heavy atom. The molecule has 0 spiro atoms. The van der Waals surface area contributed by atoms with Gasteiger partial charge in [-0.15, -0.1) is 0 Å². The molecule has 23 heavy (non-hydrogen) atoms. The van der Waals surface area contributed by atoms with E-state index in [1.54, 1.807) is 6.33 Å². The van der Waals surface area contributed by atoms with Crippen LogP contribution in [0.5, 0.6) is 0 Å². The highest BCUT2D eigenvalue weighted by molar-refractivity contribution is 5.49. The number of hydrogen-bond donors (Lipinski definition) is 1. The fourth-order valence-corrected chi connectivity index (χ4v) is 2.90. The van der Waals surface area contributed by atoms with Crippen LogP contribution in [0.2, 0.25) is 0 Å². The molecular weight excluding hydrogens is 286 g/mol. The van der Waals surface area contributed by atoms with Gasteiger partial charge >= 0.3 is 0 Å². The number of piperidine rings is 1. The minimum absolute atomic E-state index is 0.678. The van der Waals surface area contributed by atoms with Crippen molar-refractivity contribution >= 4 is 11.6 Å². The van der Waals surface area contributed by atoms with Crippen molar-refractivity contribution in [1.82, 2.24) is 9.97 Å². The number of anilines is 2. The van der Waals surface area contributed by atoms with Crippen molar-refractivity contribution in [3.63, 3.8) is 0 Å². The summed E-state index contributed by atoms with van der Waals surface area (Å²) in [5, 5.41) is 12.2. The Morgan fingerprint density at radius 3 is 2.87 bits per heavy atom. The zero-order valence-corrected chi connectivity index (χ0v) is 13.4. The zero-order valence-electron chi connectivity index (χ0n) is 13.4. The summed E-state index contributed by atoms with van der Waals surface area (Å²) in [6, 6.07) is 11.7. The van der Waals surface area contributed by atoms with Crippen LogP contribution in [0.25, 0.3) is 0 Å². The van der Waals surface area contributed by atoms with Crippen molar-refractivity contribution in [2.24, 2.45) is 5.92 Å². The van der Waals surface area contributed by atoms with E-state index in [0.717, 1.165) is 30.3 Å². The van der Waals surface area contributed by atoms with Gasteiger partial charge in [-0.05, 0) is 36.5 Å². The maximum atomic E-state index is 8.82. The van der Waals surface area contributed by atoms with Gasteiger partial charge < -0.3 is 10.2 Å². The van der Waals surface area contributed by atoms with Crippen LogP contribution in [0.3, 0.4) is 0 Å². The molecule has 1 aliphatic heterocycles. The molecule has 2 heterocycles. The maximum Gasteiger partial charge on any atom is 0.134 e. The van der Waals surface area contributed by atoms with E-state index < -0.39 is 0 Å². The van der Waals surface area contributed by atoms with Gasteiger partial charge in [0, 0.05) is 25.7 Å². The number of nitriles is 1. The number of benzene rings is 1. The molecule has 2 aromatic rings. The topological polar surface area (TPSA) is 64.8 Å². The van der Waals surface area contributed by atoms with Gasteiger partial charge in [0.1, 0.15) is 18.0 Å². The standard InChI is InChI=1S/C18H21N5/c1-14-3-2-8-23(12-14)18-9-17(21-13-22-18)20-11-16-6-4-15(10-19)5-7-16/h4-7,9,13-14H,2-3,8,11-12H2,1H3,(H,20,21,22). The Bertz CT molecular complexity index is 689. The fraction of sp³-hybridized carbons (Fsp3) is 0.389. The molecule has 5 heteroatoms. The largest absolute Gasteiger partial charge is 0.366 e. The van der Waals surface area contributed by atoms with Crippen molar-refractivity contribution in [2.75, 3.05) is 23.3 Å². The molecule has 118 valence electrons. The predicted octanol–water partition coefficient (Wildman–Crippen LogP) is 3.20. The van der Waals surface area contributed by atoms with E-state index >= 15 is 0 Å². The molecule has 0 amide bonds. The fourth-order valence-electron chi connectivity index (χ4n) is 2.90. The van der Waals surface area contributed by atoms with E-state index in [1.807, 2.05) is 30.3 Å². The lowest BCUT2D eigenvalue weighted by Crippen LogP contribution is -2.34. The van der Waals surface area contributed by atoms with E-state index in [0.29, 0.717) is 18.0 Å². The first-order valence-electron chi connectivity index (χ1n) is 8.04. The Labute approximate surface area is 137 Å². The molecule has 3 rings (SSSR count). The molecule has 1 atom stereocenters. The molecular formula is C18H21N5. The van der Waals surface area contributed by atoms with E-state index in [2.05, 4.69) is 33.2 Å². The van der Waals surface area contributed by atoms with Crippen molar-refractivity contribution in [1.29, 1.82) is 5.26 Å². The van der Waals surface area contributed by atoms with Gasteiger partial charge in [0.2, 0.25) is 0 Å². The summed E-state index contributed by atoms with van der Waals surface area (Å²) in [4.78, 5) is 11.1. The molecule has 1 aromatic carbocycles. The first kappa shape index (κ1) is 15.3. The predicted molar refractivity (Wildman–Crippen MR) is 91.1 cm³/mol. The van der Waals surface area contributed by atoms with E-state index in [4.69, 9.17) is 5.26 Å². The second kappa shape index (κ2) is 7.10. The van der Waals surface area contributed by atoms with Gasteiger partial charge in [-0.1, -0.05) is 19.1 Å². The van der Waals surface area contributed by atoms with Gasteiger partial charge in [0.25, 0.3) is 0 Å². The molecule has 1 N–H and O–H groups in total. The summed E-state index contributed by atoms with van der Waals surface area (Å²) >= 11 is 0. The quantitative estimate of drug-likeness (QED) is 0.939. The third-order valence-corrected chi connectivity index (χ3v) is 4.19. The van der Waals surface area contributed by atoms with E-state index in [1.165, 1.54) is 12.8 Å². The highest BCUT2D eigenvalue weighted by atomic mass is 15.2. The van der Waals surface area contributed by atoms with Gasteiger partial charge in [0.05, 0.1) is 11.6 Å². The van der Waals surface area contributed by atoms with Crippen LogP contribution >= 0.6 is 0 Å². The Hall–Kier alpha value is -2.61. The monoisotopic (exact) mass is 307 g/mol. The molecule has 0 saturated carbocycles. The smallest absolute Gasteiger partial charge is 0.134 e. The van der Waals surface area contributed by atoms with Crippen LogP contribution in [0.4, 0.5) is 11.6 Å². The second-order valence-corrected chi connectivity index (χ2v) is 6.12. The Kier molecular flexibility index (Phi) is 4.72. The molecule has 1 aromatic heterocycles. The molecule has 1 fully saturated rings. The van der Waals surface area contributed by atoms with Crippen LogP contribution < -0.4 is 10.2 Å². The van der Waals surface area contributed by atoms with Crippen LogP contribution in [-0.4, -0.2) is 23.1 Å². The Balaban J connectivity index is 1.64. The highest BCUT2D eigenvalue weighted by Crippen LogP contribution is 2.22. The molecule has 0 radical (unpaired) electrons. The molecule has 1 aliphatic rings. The van der Waals surface area contributed by atoms with Crippen LogP contribution in [-0.2, 0) is 6.54 Å². The van der Waals surface area contributed by atoms with Crippen molar-refractivity contribution in [3.8, 4) is 6.07 Å². The van der Waals surface area contributed by atoms with Crippen molar-refractivity contribution in [2.45, 2.75) is 26.3 Å². The minimum atomic E-state index is 0.678. The third kappa shape index (κ3) is 3.98. The van der Waals surface area contributed by atoms with E-state index in [9.17, 15) is 0 Å². The second-order valence-electron chi connectivity index (χ2n) is 6.12. The maximum absolute atomic E-state index is 8.82. The molecule has 5 nitrogen and oxygen atoms in total. The van der Waals surface area contributed by atoms with Gasteiger partial charge in [-0.3, -0.25) is 0 Å². The van der Waals surface area contributed by atoms with Crippen LogP contribution in [0.15, 0.2) is 36.7 Å². The van der Waals surface area contributed by atoms with Crippen LogP contribution in [0.1, 0.15) is 30.9 Å². The lowest BCUT2D eigenvalue weighted by Gasteiger charge is -2.31. The summed E-state index contributed by atoms with van der Waals surface area (Å²) in [6.45, 7) is 5.10. The van der Waals surface area contributed by atoms with E-state index in [-0.39, 0.29) is 0 Å². The lowest BCUT2D eigenvalue weighted by atomic mass is 10.0. The summed E-state index contributed by atoms with van der Waals surface area (Å²) in [5.74, 6) is 2.54. The van der Waals surface area contributed by atoms with Gasteiger partial charge in [-0.25, -0.2) is 9.97 Å². The average Bonchev–Trinajstić information content (AvgIpc) is 2.61. The molecule has 0 aliphatic carbocycles. The zero-order chi connectivity index (χ0) is 16.1. The summed E-state index contributed by atoms with van der Waals surface area (Å²) in [6.07, 6.45) is 4.14. The minimum Gasteiger partial charge on any atom is -0.366 e. The number of aromatic nitrogens is 2. The number of hydrogen-bond acceptors (Lipinski definition) is 5. The van der Waals surface area contributed by atoms with Gasteiger partial charge in [-0.2, -0.15) is 5.26 Å². The van der Waals surface area contributed by atoms with Crippen molar-refractivity contribution < 1.29 is 0 Å². The lowest BCUT2D eigenvalue weighted by molar-refractivity contribution is 0.444. The summed E-state index contributed by atoms with van der Waals surface area (Å²) < 4.78 is 0. The first-order chi connectivity index (χ1) is 11.2. The van der Waals surface area contributed by atoms with Gasteiger partial charge in [0.15, 0.2) is 0 Å². The summed E-state index contributed by atoms with van der Waals surface area (Å²) in [7, 11) is 0. The number of rotatable bonds is 4. The average molecular weight is 307 g/mol. The first-order valence-corrected chi connectivity index (χ1v) is 8.04. The number of nitrogens with one attached hydrogen (secondary N) is 1. The summed E-state index contributed by atoms with van der Waals surface area (Å²) in [5.41, 5.74) is 1.80. The SMILES string of the molecule is CC1CCCN(c2cc(NCc3ccc(C#N)cc3)ncn2)C1. The van der Waals surface area contributed by atoms with Crippen molar-refractivity contribution in [3.05, 3.63) is 47.8 Å².